The maximum atomic E-state index is 6.22. The molecule has 1 aromatic heterocycles. The van der Waals surface area contributed by atoms with Gasteiger partial charge in [0, 0.05) is 12.6 Å². The second-order valence-electron chi connectivity index (χ2n) is 4.85. The van der Waals surface area contributed by atoms with Crippen LogP contribution in [0.3, 0.4) is 0 Å². The number of nitrogens with zero attached hydrogens (tertiary/aromatic N) is 2. The van der Waals surface area contributed by atoms with Gasteiger partial charge in [0.2, 0.25) is 0 Å². The van der Waals surface area contributed by atoms with Crippen LogP contribution in [0.15, 0.2) is 12.1 Å². The van der Waals surface area contributed by atoms with Crippen LogP contribution in [0.5, 0.6) is 0 Å². The van der Waals surface area contributed by atoms with Crippen molar-refractivity contribution < 1.29 is 0 Å². The second-order valence-corrected chi connectivity index (χ2v) is 5.26. The van der Waals surface area contributed by atoms with Gasteiger partial charge in [-0.1, -0.05) is 31.9 Å². The molecule has 0 amide bonds. The first-order chi connectivity index (χ1) is 9.12. The van der Waals surface area contributed by atoms with E-state index in [0.717, 1.165) is 25.2 Å². The van der Waals surface area contributed by atoms with Gasteiger partial charge in [0.15, 0.2) is 0 Å². The molecule has 1 rings (SSSR count). The monoisotopic (exact) mass is 284 g/mol. The fourth-order valence-electron chi connectivity index (χ4n) is 1.94. The maximum absolute atomic E-state index is 6.22. The Morgan fingerprint density at radius 3 is 2.74 bits per heavy atom. The summed E-state index contributed by atoms with van der Waals surface area (Å²) in [7, 11) is 0. The first kappa shape index (κ1) is 16.2. The number of unbranched alkanes of at least 4 members (excludes halogenated alkanes) is 1. The van der Waals surface area contributed by atoms with Crippen LogP contribution in [-0.4, -0.2) is 22.5 Å². The van der Waals surface area contributed by atoms with Crippen LogP contribution < -0.4 is 11.3 Å². The minimum Gasteiger partial charge on any atom is -0.308 e. The third-order valence-electron chi connectivity index (χ3n) is 3.43. The molecule has 0 radical (unpaired) electrons. The van der Waals surface area contributed by atoms with Gasteiger partial charge in [0.05, 0.1) is 10.7 Å². The number of hydrazine groups is 1. The SMILES string of the molecule is CCCCN(Cc1nc(NN)ccc1Cl)C(C)CC. The molecule has 0 aromatic carbocycles. The zero-order chi connectivity index (χ0) is 14.3. The van der Waals surface area contributed by atoms with Crippen molar-refractivity contribution in [1.82, 2.24) is 9.88 Å². The molecule has 0 saturated heterocycles. The number of hydrogen-bond acceptors (Lipinski definition) is 4. The van der Waals surface area contributed by atoms with Gasteiger partial charge in [-0.25, -0.2) is 10.8 Å². The van der Waals surface area contributed by atoms with Gasteiger partial charge in [-0.3, -0.25) is 4.90 Å². The zero-order valence-electron chi connectivity index (χ0n) is 12.1. The summed E-state index contributed by atoms with van der Waals surface area (Å²) >= 11 is 6.22. The van der Waals surface area contributed by atoms with E-state index < -0.39 is 0 Å². The van der Waals surface area contributed by atoms with Crippen molar-refractivity contribution >= 4 is 17.4 Å². The lowest BCUT2D eigenvalue weighted by Crippen LogP contribution is -2.33. The van der Waals surface area contributed by atoms with Crippen LogP contribution in [0.4, 0.5) is 5.82 Å². The van der Waals surface area contributed by atoms with E-state index in [0.29, 0.717) is 16.9 Å². The molecule has 1 aromatic rings. The average Bonchev–Trinajstić information content (AvgIpc) is 2.44. The molecule has 0 saturated carbocycles. The summed E-state index contributed by atoms with van der Waals surface area (Å²) in [5.41, 5.74) is 3.45. The molecule has 1 atom stereocenters. The highest BCUT2D eigenvalue weighted by Crippen LogP contribution is 2.20. The predicted octanol–water partition coefficient (Wildman–Crippen LogP) is 3.42. The molecule has 0 aliphatic heterocycles. The number of nitrogens with one attached hydrogen (secondary N) is 1. The van der Waals surface area contributed by atoms with Gasteiger partial charge in [-0.15, -0.1) is 0 Å². The van der Waals surface area contributed by atoms with E-state index in [-0.39, 0.29) is 0 Å². The van der Waals surface area contributed by atoms with Gasteiger partial charge < -0.3 is 5.43 Å². The Labute approximate surface area is 121 Å². The van der Waals surface area contributed by atoms with E-state index in [9.17, 15) is 0 Å². The summed E-state index contributed by atoms with van der Waals surface area (Å²) in [4.78, 5) is 6.87. The Kier molecular flexibility index (Phi) is 7.13. The first-order valence-corrected chi connectivity index (χ1v) is 7.36. The Balaban J connectivity index is 2.82. The Hall–Kier alpha value is -0.840. The van der Waals surface area contributed by atoms with Crippen molar-refractivity contribution in [2.24, 2.45) is 5.84 Å². The number of anilines is 1. The lowest BCUT2D eigenvalue weighted by atomic mass is 10.2. The van der Waals surface area contributed by atoms with E-state index in [2.05, 4.69) is 36.1 Å². The van der Waals surface area contributed by atoms with Crippen LogP contribution in [0.25, 0.3) is 0 Å². The third kappa shape index (κ3) is 4.97. The molecule has 108 valence electrons. The smallest absolute Gasteiger partial charge is 0.140 e. The van der Waals surface area contributed by atoms with Crippen LogP contribution in [0.2, 0.25) is 5.02 Å². The number of pyridine rings is 1. The molecule has 19 heavy (non-hydrogen) atoms. The first-order valence-electron chi connectivity index (χ1n) is 6.98. The van der Waals surface area contributed by atoms with Gasteiger partial charge >= 0.3 is 0 Å². The van der Waals surface area contributed by atoms with Crippen molar-refractivity contribution in [3.05, 3.63) is 22.8 Å². The van der Waals surface area contributed by atoms with Crippen LogP contribution in [0.1, 0.15) is 45.7 Å². The summed E-state index contributed by atoms with van der Waals surface area (Å²) < 4.78 is 0. The van der Waals surface area contributed by atoms with Crippen molar-refractivity contribution in [2.75, 3.05) is 12.0 Å². The number of halogens is 1. The minimum absolute atomic E-state index is 0.527. The van der Waals surface area contributed by atoms with Crippen molar-refractivity contribution in [3.8, 4) is 0 Å². The number of nitrogens with two attached hydrogens (primary N) is 1. The van der Waals surface area contributed by atoms with E-state index in [1.807, 2.05) is 6.07 Å². The molecular weight excluding hydrogens is 260 g/mol. The van der Waals surface area contributed by atoms with Gasteiger partial charge in [-0.05, 0) is 38.4 Å². The summed E-state index contributed by atoms with van der Waals surface area (Å²) in [6.07, 6.45) is 3.51. The van der Waals surface area contributed by atoms with E-state index in [4.69, 9.17) is 17.4 Å². The van der Waals surface area contributed by atoms with Gasteiger partial charge in [0.1, 0.15) is 5.82 Å². The molecule has 0 aliphatic carbocycles. The lowest BCUT2D eigenvalue weighted by Gasteiger charge is -2.28. The third-order valence-corrected chi connectivity index (χ3v) is 3.78. The fraction of sp³-hybridized carbons (Fsp3) is 0.643. The maximum Gasteiger partial charge on any atom is 0.140 e. The number of rotatable bonds is 8. The van der Waals surface area contributed by atoms with E-state index >= 15 is 0 Å². The molecule has 0 spiro atoms. The highest BCUT2D eigenvalue weighted by atomic mass is 35.5. The van der Waals surface area contributed by atoms with Crippen LogP contribution in [0, 0.1) is 0 Å². The predicted molar refractivity (Wildman–Crippen MR) is 82.1 cm³/mol. The molecule has 0 bridgehead atoms. The molecule has 1 heterocycles. The van der Waals surface area contributed by atoms with Crippen molar-refractivity contribution in [3.63, 3.8) is 0 Å². The summed E-state index contributed by atoms with van der Waals surface area (Å²) in [5.74, 6) is 6.05. The molecule has 3 N–H and O–H groups in total. The van der Waals surface area contributed by atoms with E-state index in [1.54, 1.807) is 6.07 Å². The van der Waals surface area contributed by atoms with Crippen molar-refractivity contribution in [2.45, 2.75) is 52.6 Å². The molecule has 0 aliphatic rings. The average molecular weight is 285 g/mol. The van der Waals surface area contributed by atoms with Gasteiger partial charge in [-0.2, -0.15) is 0 Å². The van der Waals surface area contributed by atoms with Gasteiger partial charge in [0.25, 0.3) is 0 Å². The fourth-order valence-corrected chi connectivity index (χ4v) is 2.11. The second kappa shape index (κ2) is 8.35. The summed E-state index contributed by atoms with van der Waals surface area (Å²) in [6.45, 7) is 8.50. The quantitative estimate of drug-likeness (QED) is 0.567. The number of hydrogen-bond donors (Lipinski definition) is 2. The zero-order valence-corrected chi connectivity index (χ0v) is 12.9. The number of aromatic nitrogens is 1. The van der Waals surface area contributed by atoms with E-state index in [1.165, 1.54) is 12.8 Å². The van der Waals surface area contributed by atoms with Crippen LogP contribution >= 0.6 is 11.6 Å². The highest BCUT2D eigenvalue weighted by Gasteiger charge is 2.15. The highest BCUT2D eigenvalue weighted by molar-refractivity contribution is 6.31. The summed E-state index contributed by atoms with van der Waals surface area (Å²) in [6, 6.07) is 4.15. The Morgan fingerprint density at radius 1 is 1.42 bits per heavy atom. The lowest BCUT2D eigenvalue weighted by molar-refractivity contribution is 0.190. The van der Waals surface area contributed by atoms with Crippen molar-refractivity contribution in [1.29, 1.82) is 0 Å². The normalized spacial score (nSPS) is 12.7. The molecular formula is C14H25ClN4. The number of nitrogen functional groups attached to an aromatic ring is 1. The largest absolute Gasteiger partial charge is 0.308 e. The standard InChI is InChI=1S/C14H25ClN4/c1-4-6-9-19(11(3)5-2)10-13-12(15)7-8-14(17-13)18-16/h7-8,11H,4-6,9-10,16H2,1-3H3,(H,17,18). The Morgan fingerprint density at radius 2 is 2.16 bits per heavy atom. The Bertz CT molecular complexity index is 384. The van der Waals surface area contributed by atoms with Crippen LogP contribution in [-0.2, 0) is 6.54 Å². The topological polar surface area (TPSA) is 54.2 Å². The molecule has 1 unspecified atom stereocenters. The minimum atomic E-state index is 0.527. The molecule has 5 heteroatoms. The summed E-state index contributed by atoms with van der Waals surface area (Å²) in [5, 5.41) is 0.698. The molecule has 0 fully saturated rings. The molecule has 4 nitrogen and oxygen atoms in total.